The van der Waals surface area contributed by atoms with Crippen molar-refractivity contribution in [1.29, 1.82) is 0 Å². The summed E-state index contributed by atoms with van der Waals surface area (Å²) in [6.45, 7) is 6.70. The number of carbonyl (C=O) groups is 1. The number of carbonyl (C=O) groups excluding carboxylic acids is 1. The van der Waals surface area contributed by atoms with Gasteiger partial charge < -0.3 is 4.90 Å². The molecule has 0 bridgehead atoms. The first-order valence-corrected chi connectivity index (χ1v) is 5.47. The highest BCUT2D eigenvalue weighted by Crippen LogP contribution is 2.22. The van der Waals surface area contributed by atoms with E-state index in [1.807, 2.05) is 0 Å². The number of ketones is 1. The van der Waals surface area contributed by atoms with Crippen molar-refractivity contribution in [3.63, 3.8) is 0 Å². The summed E-state index contributed by atoms with van der Waals surface area (Å²) < 4.78 is 0. The molecule has 14 heavy (non-hydrogen) atoms. The average molecular weight is 195 g/mol. The van der Waals surface area contributed by atoms with Crippen LogP contribution in [0.15, 0.2) is 11.8 Å². The summed E-state index contributed by atoms with van der Waals surface area (Å²) in [6.07, 6.45) is 4.62. The van der Waals surface area contributed by atoms with Crippen LogP contribution in [-0.2, 0) is 4.79 Å². The third kappa shape index (κ3) is 2.86. The van der Waals surface area contributed by atoms with E-state index in [1.54, 1.807) is 6.08 Å². The van der Waals surface area contributed by atoms with Crippen LogP contribution in [0, 0.1) is 5.92 Å². The van der Waals surface area contributed by atoms with Gasteiger partial charge in [-0.2, -0.15) is 0 Å². The fourth-order valence-electron chi connectivity index (χ4n) is 1.98. The molecule has 2 heteroatoms. The Kier molecular flexibility index (Phi) is 3.73. The summed E-state index contributed by atoms with van der Waals surface area (Å²) in [5.74, 6) is 0.994. The molecule has 0 saturated heterocycles. The molecular formula is C12H21NO. The Labute approximate surface area is 87.0 Å². The van der Waals surface area contributed by atoms with Crippen molar-refractivity contribution in [2.24, 2.45) is 5.92 Å². The highest BCUT2D eigenvalue weighted by atomic mass is 16.1. The van der Waals surface area contributed by atoms with Gasteiger partial charge in [0.05, 0.1) is 0 Å². The minimum atomic E-state index is 0.281. The third-order valence-electron chi connectivity index (χ3n) is 2.88. The number of hydrogen-bond acceptors (Lipinski definition) is 2. The molecule has 0 aromatic heterocycles. The first-order valence-electron chi connectivity index (χ1n) is 5.47. The van der Waals surface area contributed by atoms with Gasteiger partial charge in [0.1, 0.15) is 0 Å². The quantitative estimate of drug-likeness (QED) is 0.687. The molecule has 0 spiro atoms. The number of allylic oxidation sites excluding steroid dienone is 2. The Morgan fingerprint density at radius 3 is 2.43 bits per heavy atom. The summed E-state index contributed by atoms with van der Waals surface area (Å²) in [6, 6.07) is 0.534. The summed E-state index contributed by atoms with van der Waals surface area (Å²) in [4.78, 5) is 13.4. The second kappa shape index (κ2) is 4.63. The molecule has 0 aromatic rings. The van der Waals surface area contributed by atoms with Gasteiger partial charge >= 0.3 is 0 Å². The molecule has 1 unspecified atom stereocenters. The molecule has 0 amide bonds. The molecule has 0 aliphatic heterocycles. The van der Waals surface area contributed by atoms with E-state index >= 15 is 0 Å². The van der Waals surface area contributed by atoms with Crippen molar-refractivity contribution in [3.8, 4) is 0 Å². The molecule has 2 nitrogen and oxygen atoms in total. The number of rotatable bonds is 4. The molecule has 0 N–H and O–H groups in total. The van der Waals surface area contributed by atoms with Crippen LogP contribution < -0.4 is 0 Å². The van der Waals surface area contributed by atoms with Crippen LogP contribution in [0.2, 0.25) is 0 Å². The van der Waals surface area contributed by atoms with E-state index in [-0.39, 0.29) is 5.78 Å². The van der Waals surface area contributed by atoms with E-state index in [0.29, 0.717) is 18.4 Å². The van der Waals surface area contributed by atoms with Crippen molar-refractivity contribution in [3.05, 3.63) is 11.8 Å². The molecule has 1 rings (SSSR count). The van der Waals surface area contributed by atoms with E-state index in [2.05, 4.69) is 32.7 Å². The first kappa shape index (κ1) is 11.3. The van der Waals surface area contributed by atoms with Gasteiger partial charge in [0.2, 0.25) is 0 Å². The van der Waals surface area contributed by atoms with E-state index in [4.69, 9.17) is 0 Å². The maximum absolute atomic E-state index is 11.1. The minimum absolute atomic E-state index is 0.281. The molecule has 0 radical (unpaired) electrons. The van der Waals surface area contributed by atoms with E-state index in [9.17, 15) is 4.79 Å². The lowest BCUT2D eigenvalue weighted by Gasteiger charge is -2.29. The molecule has 1 aliphatic carbocycles. The van der Waals surface area contributed by atoms with Crippen LogP contribution in [0.25, 0.3) is 0 Å². The van der Waals surface area contributed by atoms with Gasteiger partial charge in [-0.1, -0.05) is 13.8 Å². The Bertz CT molecular complexity index is 243. The SMILES string of the molecule is CC(C)CC(C)N(C)C1=CC(=O)CC1. The Morgan fingerprint density at radius 2 is 2.00 bits per heavy atom. The summed E-state index contributed by atoms with van der Waals surface area (Å²) in [5.41, 5.74) is 1.21. The Morgan fingerprint density at radius 1 is 1.36 bits per heavy atom. The Balaban J connectivity index is 2.52. The highest BCUT2D eigenvalue weighted by Gasteiger charge is 2.19. The molecule has 0 heterocycles. The largest absolute Gasteiger partial charge is 0.375 e. The van der Waals surface area contributed by atoms with Crippen molar-refractivity contribution in [2.75, 3.05) is 7.05 Å². The molecule has 0 saturated carbocycles. The van der Waals surface area contributed by atoms with Gasteiger partial charge in [-0.05, 0) is 25.7 Å². The van der Waals surface area contributed by atoms with Crippen molar-refractivity contribution < 1.29 is 4.79 Å². The summed E-state index contributed by atoms with van der Waals surface area (Å²) in [5, 5.41) is 0. The molecular weight excluding hydrogens is 174 g/mol. The van der Waals surface area contributed by atoms with Gasteiger partial charge in [-0.15, -0.1) is 0 Å². The predicted octanol–water partition coefficient (Wildman–Crippen LogP) is 2.60. The van der Waals surface area contributed by atoms with Gasteiger partial charge in [0, 0.05) is 31.3 Å². The fourth-order valence-corrected chi connectivity index (χ4v) is 1.98. The number of hydrogen-bond donors (Lipinski definition) is 0. The molecule has 1 atom stereocenters. The predicted molar refractivity (Wildman–Crippen MR) is 59.0 cm³/mol. The van der Waals surface area contributed by atoms with Crippen molar-refractivity contribution >= 4 is 5.78 Å². The lowest BCUT2D eigenvalue weighted by molar-refractivity contribution is -0.114. The van der Waals surface area contributed by atoms with Gasteiger partial charge in [-0.3, -0.25) is 4.79 Å². The van der Waals surface area contributed by atoms with Crippen LogP contribution in [0.3, 0.4) is 0 Å². The minimum Gasteiger partial charge on any atom is -0.375 e. The highest BCUT2D eigenvalue weighted by molar-refractivity contribution is 5.92. The van der Waals surface area contributed by atoms with Gasteiger partial charge in [0.15, 0.2) is 5.78 Å². The van der Waals surface area contributed by atoms with Crippen LogP contribution in [0.4, 0.5) is 0 Å². The monoisotopic (exact) mass is 195 g/mol. The molecule has 0 aromatic carbocycles. The topological polar surface area (TPSA) is 20.3 Å². The standard InChI is InChI=1S/C12H21NO/c1-9(2)7-10(3)13(4)11-5-6-12(14)8-11/h8-10H,5-7H2,1-4H3. The van der Waals surface area contributed by atoms with E-state index in [1.165, 1.54) is 12.1 Å². The molecule has 0 fully saturated rings. The van der Waals surface area contributed by atoms with E-state index in [0.717, 1.165) is 6.42 Å². The second-order valence-electron chi connectivity index (χ2n) is 4.69. The van der Waals surface area contributed by atoms with Crippen LogP contribution >= 0.6 is 0 Å². The normalized spacial score (nSPS) is 18.6. The maximum Gasteiger partial charge on any atom is 0.157 e. The smallest absolute Gasteiger partial charge is 0.157 e. The van der Waals surface area contributed by atoms with Crippen molar-refractivity contribution in [2.45, 2.75) is 46.1 Å². The summed E-state index contributed by atoms with van der Waals surface area (Å²) >= 11 is 0. The molecule has 80 valence electrons. The number of nitrogens with zero attached hydrogens (tertiary/aromatic N) is 1. The third-order valence-corrected chi connectivity index (χ3v) is 2.88. The van der Waals surface area contributed by atoms with Gasteiger partial charge in [-0.25, -0.2) is 0 Å². The van der Waals surface area contributed by atoms with Gasteiger partial charge in [0.25, 0.3) is 0 Å². The van der Waals surface area contributed by atoms with Crippen LogP contribution in [0.5, 0.6) is 0 Å². The van der Waals surface area contributed by atoms with Crippen LogP contribution in [0.1, 0.15) is 40.0 Å². The lowest BCUT2D eigenvalue weighted by atomic mass is 10.0. The van der Waals surface area contributed by atoms with Crippen LogP contribution in [-0.4, -0.2) is 23.8 Å². The average Bonchev–Trinajstić information content (AvgIpc) is 2.49. The zero-order chi connectivity index (χ0) is 10.7. The zero-order valence-electron chi connectivity index (χ0n) is 9.71. The van der Waals surface area contributed by atoms with Crippen molar-refractivity contribution in [1.82, 2.24) is 4.90 Å². The molecule has 1 aliphatic rings. The second-order valence-corrected chi connectivity index (χ2v) is 4.69. The Hall–Kier alpha value is -0.790. The fraction of sp³-hybridized carbons (Fsp3) is 0.750. The summed E-state index contributed by atoms with van der Waals surface area (Å²) in [7, 11) is 2.09. The maximum atomic E-state index is 11.1. The van der Waals surface area contributed by atoms with E-state index < -0.39 is 0 Å². The lowest BCUT2D eigenvalue weighted by Crippen LogP contribution is -2.29. The first-order chi connectivity index (χ1) is 6.50. The zero-order valence-corrected chi connectivity index (χ0v) is 9.71.